The third-order valence-electron chi connectivity index (χ3n) is 1.14. The average molecular weight is 174 g/mol. The van der Waals surface area contributed by atoms with Gasteiger partial charge in [-0.25, -0.2) is 0 Å². The van der Waals surface area contributed by atoms with Gasteiger partial charge in [0.15, 0.2) is 0 Å². The first-order valence-corrected chi connectivity index (χ1v) is 4.23. The van der Waals surface area contributed by atoms with Crippen LogP contribution in [-0.2, 0) is 10.3 Å². The molecule has 0 saturated carbocycles. The molecule has 0 spiro atoms. The lowest BCUT2D eigenvalue weighted by molar-refractivity contribution is 0.627. The lowest BCUT2D eigenvalue weighted by Gasteiger charge is -1.99. The molecule has 0 bridgehead atoms. The Kier molecular flexibility index (Phi) is 2.34. The fourth-order valence-electron chi connectivity index (χ4n) is 0.677. The van der Waals surface area contributed by atoms with Gasteiger partial charge in [0.2, 0.25) is 10.3 Å². The molecule has 0 fully saturated rings. The number of hydrogen-bond acceptors (Lipinski definition) is 3. The summed E-state index contributed by atoms with van der Waals surface area (Å²) < 4.78 is 20.7. The molecule has 0 aromatic carbocycles. The van der Waals surface area contributed by atoms with E-state index in [2.05, 4.69) is 12.6 Å². The van der Waals surface area contributed by atoms with Crippen molar-refractivity contribution in [3.63, 3.8) is 0 Å². The molecule has 10 heavy (non-hydrogen) atoms. The van der Waals surface area contributed by atoms with Gasteiger partial charge in [-0.15, -0.1) is 12.6 Å². The smallest absolute Gasteiger partial charge is 0.184 e. The fraction of sp³-hybridized carbons (Fsp3) is 0.167. The highest BCUT2D eigenvalue weighted by Gasteiger charge is 2.01. The van der Waals surface area contributed by atoms with Crippen molar-refractivity contribution in [1.29, 1.82) is 0 Å². The molecule has 0 radical (unpaired) electrons. The Hall–Kier alpha value is -0.480. The Bertz CT molecular complexity index is 312. The highest BCUT2D eigenvalue weighted by atomic mass is 32.2. The molecule has 0 aliphatic heterocycles. The summed E-state index contributed by atoms with van der Waals surface area (Å²) in [6, 6.07) is 0. The van der Waals surface area contributed by atoms with Crippen molar-refractivity contribution >= 4 is 27.8 Å². The Morgan fingerprint density at radius 3 is 2.60 bits per heavy atom. The second kappa shape index (κ2) is 3.07. The largest absolute Gasteiger partial charge is 0.217 e. The zero-order chi connectivity index (χ0) is 7.56. The zero-order valence-electron chi connectivity index (χ0n) is 5.11. The molecule has 0 unspecified atom stereocenters. The maximum atomic E-state index is 10.4. The van der Waals surface area contributed by atoms with Crippen LogP contribution in [0.15, 0.2) is 23.1 Å². The van der Waals surface area contributed by atoms with Crippen molar-refractivity contribution < 1.29 is 8.42 Å². The summed E-state index contributed by atoms with van der Waals surface area (Å²) in [5.41, 5.74) is 0. The Morgan fingerprint density at radius 2 is 2.20 bits per heavy atom. The molecule has 0 saturated heterocycles. The van der Waals surface area contributed by atoms with E-state index in [0.717, 1.165) is 4.91 Å². The van der Waals surface area contributed by atoms with Crippen LogP contribution in [0.2, 0.25) is 0 Å². The molecular weight excluding hydrogens is 168 g/mol. The molecule has 0 atom stereocenters. The lowest BCUT2D eigenvalue weighted by atomic mass is 10.2. The molecule has 0 N–H and O–H groups in total. The van der Waals surface area contributed by atoms with Crippen molar-refractivity contribution in [2.24, 2.45) is 0 Å². The molecule has 2 nitrogen and oxygen atoms in total. The Labute approximate surface area is 66.2 Å². The van der Waals surface area contributed by atoms with Gasteiger partial charge in [-0.1, -0.05) is 12.2 Å². The normalized spacial score (nSPS) is 16.9. The summed E-state index contributed by atoms with van der Waals surface area (Å²) in [4.78, 5) is 1.18. The van der Waals surface area contributed by atoms with E-state index >= 15 is 0 Å². The maximum Gasteiger partial charge on any atom is 0.217 e. The van der Waals surface area contributed by atoms with Gasteiger partial charge in [-0.05, 0) is 11.0 Å². The predicted molar refractivity (Wildman–Crippen MR) is 44.8 cm³/mol. The maximum absolute atomic E-state index is 10.4. The van der Waals surface area contributed by atoms with Crippen LogP contribution in [0.3, 0.4) is 0 Å². The molecule has 54 valence electrons. The quantitative estimate of drug-likeness (QED) is 0.435. The molecule has 1 aliphatic rings. The van der Waals surface area contributed by atoms with Crippen LogP contribution in [0.4, 0.5) is 0 Å². The van der Waals surface area contributed by atoms with E-state index in [4.69, 9.17) is 0 Å². The fourth-order valence-corrected chi connectivity index (χ4v) is 1.50. The summed E-state index contributed by atoms with van der Waals surface area (Å²) in [6.07, 6.45) is 5.45. The van der Waals surface area contributed by atoms with Gasteiger partial charge in [0.05, 0.1) is 4.86 Å². The van der Waals surface area contributed by atoms with Crippen LogP contribution in [0.25, 0.3) is 0 Å². The van der Waals surface area contributed by atoms with Crippen LogP contribution in [-0.4, -0.2) is 13.3 Å². The summed E-state index contributed by atoms with van der Waals surface area (Å²) in [7, 11) is -2.08. The number of allylic oxidation sites excluding steroid dienone is 4. The second-order valence-corrected chi connectivity index (χ2v) is 3.46. The van der Waals surface area contributed by atoms with E-state index in [1.807, 2.05) is 0 Å². The highest BCUT2D eigenvalue weighted by molar-refractivity contribution is 7.84. The standard InChI is InChI=1S/C6H6O2S2/c7-10(8)6-3-1-2-5(9)4-6/h1-3,9H,4H2. The molecule has 0 heterocycles. The molecule has 1 aliphatic carbocycles. The predicted octanol–water partition coefficient (Wildman–Crippen LogP) is 0.812. The van der Waals surface area contributed by atoms with E-state index in [-0.39, 0.29) is 0 Å². The highest BCUT2D eigenvalue weighted by Crippen LogP contribution is 2.11. The van der Waals surface area contributed by atoms with Crippen LogP contribution < -0.4 is 0 Å². The van der Waals surface area contributed by atoms with Gasteiger partial charge in [-0.3, -0.25) is 0 Å². The first-order valence-electron chi connectivity index (χ1n) is 2.71. The third kappa shape index (κ3) is 1.75. The van der Waals surface area contributed by atoms with E-state index < -0.39 is 10.3 Å². The second-order valence-electron chi connectivity index (χ2n) is 1.89. The van der Waals surface area contributed by atoms with Gasteiger partial charge in [-0.2, -0.15) is 8.42 Å². The monoisotopic (exact) mass is 174 g/mol. The molecule has 0 aromatic heterocycles. The number of thiol groups is 1. The van der Waals surface area contributed by atoms with E-state index in [9.17, 15) is 8.42 Å². The van der Waals surface area contributed by atoms with Crippen molar-refractivity contribution in [2.75, 3.05) is 0 Å². The van der Waals surface area contributed by atoms with Crippen LogP contribution in [0.5, 0.6) is 0 Å². The van der Waals surface area contributed by atoms with E-state index in [1.54, 1.807) is 18.2 Å². The molecule has 4 heteroatoms. The number of rotatable bonds is 0. The lowest BCUT2D eigenvalue weighted by Crippen LogP contribution is -1.97. The SMILES string of the molecule is O=S(=O)=C1C=CC=C(S)C1. The summed E-state index contributed by atoms with van der Waals surface area (Å²) in [6.45, 7) is 0. The van der Waals surface area contributed by atoms with E-state index in [0.29, 0.717) is 11.3 Å². The topological polar surface area (TPSA) is 34.1 Å². The van der Waals surface area contributed by atoms with E-state index in [1.165, 1.54) is 0 Å². The minimum Gasteiger partial charge on any atom is -0.184 e. The van der Waals surface area contributed by atoms with Gasteiger partial charge >= 0.3 is 0 Å². The van der Waals surface area contributed by atoms with Crippen LogP contribution >= 0.6 is 12.6 Å². The van der Waals surface area contributed by atoms with Gasteiger partial charge < -0.3 is 0 Å². The van der Waals surface area contributed by atoms with Gasteiger partial charge in [0.25, 0.3) is 0 Å². The van der Waals surface area contributed by atoms with Gasteiger partial charge in [0, 0.05) is 6.42 Å². The molecular formula is C6H6O2S2. The van der Waals surface area contributed by atoms with Gasteiger partial charge in [0.1, 0.15) is 0 Å². The van der Waals surface area contributed by atoms with Crippen molar-refractivity contribution in [1.82, 2.24) is 0 Å². The number of hydrogen-bond donors (Lipinski definition) is 1. The first kappa shape index (κ1) is 7.63. The van der Waals surface area contributed by atoms with Crippen molar-refractivity contribution in [3.05, 3.63) is 23.1 Å². The Balaban J connectivity index is 3.06. The van der Waals surface area contributed by atoms with Crippen molar-refractivity contribution in [2.45, 2.75) is 6.42 Å². The zero-order valence-corrected chi connectivity index (χ0v) is 6.82. The summed E-state index contributed by atoms with van der Waals surface area (Å²) in [5, 5.41) is 0. The van der Waals surface area contributed by atoms with Crippen LogP contribution in [0.1, 0.15) is 6.42 Å². The van der Waals surface area contributed by atoms with Crippen LogP contribution in [0, 0.1) is 0 Å². The third-order valence-corrected chi connectivity index (χ3v) is 2.16. The summed E-state index contributed by atoms with van der Waals surface area (Å²) in [5.74, 6) is 0. The minimum atomic E-state index is -2.08. The molecule has 0 amide bonds. The first-order chi connectivity index (χ1) is 4.70. The average Bonchev–Trinajstić information content (AvgIpc) is 1.88. The van der Waals surface area contributed by atoms with Crippen molar-refractivity contribution in [3.8, 4) is 0 Å². The minimum absolute atomic E-state index is 0.396. The Morgan fingerprint density at radius 1 is 1.50 bits per heavy atom. The summed E-state index contributed by atoms with van der Waals surface area (Å²) >= 11 is 4.03. The molecule has 1 rings (SSSR count). The molecule has 0 aromatic rings.